The number of aliphatic carboxylic acids is 1. The van der Waals surface area contributed by atoms with Gasteiger partial charge in [-0.05, 0) is 38.8 Å². The van der Waals surface area contributed by atoms with E-state index in [4.69, 9.17) is 14.6 Å². The summed E-state index contributed by atoms with van der Waals surface area (Å²) in [4.78, 5) is 22.4. The number of hydrogen-bond donors (Lipinski definition) is 3. The van der Waals surface area contributed by atoms with Crippen LogP contribution in [0.1, 0.15) is 25.7 Å². The number of carbonyl (C=O) groups excluding carboxylic acids is 1. The normalized spacial score (nSPS) is 27.4. The number of carboxylic acids is 1. The van der Waals surface area contributed by atoms with Gasteiger partial charge in [0.15, 0.2) is 6.10 Å². The molecule has 0 spiro atoms. The molecule has 0 aromatic heterocycles. The third-order valence-electron chi connectivity index (χ3n) is 3.65. The molecule has 2 saturated heterocycles. The highest BCUT2D eigenvalue weighted by Crippen LogP contribution is 2.19. The van der Waals surface area contributed by atoms with E-state index in [1.165, 1.54) is 0 Å². The monoisotopic (exact) mass is 286 g/mol. The predicted octanol–water partition coefficient (Wildman–Crippen LogP) is -0.497. The molecule has 3 N–H and O–H groups in total. The van der Waals surface area contributed by atoms with Gasteiger partial charge in [0.1, 0.15) is 6.61 Å². The first-order valence-corrected chi connectivity index (χ1v) is 7.12. The Kier molecular flexibility index (Phi) is 5.75. The van der Waals surface area contributed by atoms with Crippen molar-refractivity contribution in [3.8, 4) is 0 Å². The van der Waals surface area contributed by atoms with Crippen molar-refractivity contribution in [2.75, 3.05) is 26.2 Å². The van der Waals surface area contributed by atoms with Gasteiger partial charge in [0, 0.05) is 6.54 Å². The fourth-order valence-electron chi connectivity index (χ4n) is 2.47. The van der Waals surface area contributed by atoms with Gasteiger partial charge in [0.25, 0.3) is 0 Å². The Morgan fingerprint density at radius 2 is 2.00 bits per heavy atom. The van der Waals surface area contributed by atoms with E-state index >= 15 is 0 Å². The minimum Gasteiger partial charge on any atom is -0.479 e. The van der Waals surface area contributed by atoms with Crippen LogP contribution in [0.4, 0.5) is 0 Å². The summed E-state index contributed by atoms with van der Waals surface area (Å²) < 4.78 is 10.8. The van der Waals surface area contributed by atoms with Crippen LogP contribution in [0.2, 0.25) is 0 Å². The van der Waals surface area contributed by atoms with Gasteiger partial charge in [-0.3, -0.25) is 4.79 Å². The number of hydrogen-bond acceptors (Lipinski definition) is 5. The Hall–Kier alpha value is -1.18. The molecular formula is C13H22N2O5. The molecule has 2 rings (SSSR count). The van der Waals surface area contributed by atoms with Crippen molar-refractivity contribution in [3.05, 3.63) is 0 Å². The smallest absolute Gasteiger partial charge is 0.332 e. The number of ether oxygens (including phenoxy) is 2. The summed E-state index contributed by atoms with van der Waals surface area (Å²) in [6.45, 7) is 2.26. The van der Waals surface area contributed by atoms with Gasteiger partial charge in [-0.25, -0.2) is 4.79 Å². The minimum absolute atomic E-state index is 0.0553. The SMILES string of the molecule is O=C(COC1CCNCC1)NCC1CCC(C(=O)O)O1. The van der Waals surface area contributed by atoms with E-state index in [9.17, 15) is 9.59 Å². The highest BCUT2D eigenvalue weighted by molar-refractivity contribution is 5.77. The highest BCUT2D eigenvalue weighted by Gasteiger charge is 2.30. The van der Waals surface area contributed by atoms with Gasteiger partial charge in [-0.1, -0.05) is 0 Å². The quantitative estimate of drug-likeness (QED) is 0.609. The van der Waals surface area contributed by atoms with Crippen molar-refractivity contribution >= 4 is 11.9 Å². The lowest BCUT2D eigenvalue weighted by Crippen LogP contribution is -2.38. The maximum Gasteiger partial charge on any atom is 0.332 e. The molecule has 114 valence electrons. The molecule has 7 heteroatoms. The number of carbonyl (C=O) groups is 2. The zero-order valence-corrected chi connectivity index (χ0v) is 11.5. The largest absolute Gasteiger partial charge is 0.479 e. The summed E-state index contributed by atoms with van der Waals surface area (Å²) in [6.07, 6.45) is 2.23. The molecule has 0 aliphatic carbocycles. The second-order valence-electron chi connectivity index (χ2n) is 5.23. The van der Waals surface area contributed by atoms with Crippen molar-refractivity contribution in [3.63, 3.8) is 0 Å². The molecule has 0 radical (unpaired) electrons. The van der Waals surface area contributed by atoms with E-state index in [0.29, 0.717) is 19.4 Å². The Balaban J connectivity index is 1.57. The predicted molar refractivity (Wildman–Crippen MR) is 70.4 cm³/mol. The van der Waals surface area contributed by atoms with Crippen molar-refractivity contribution < 1.29 is 24.2 Å². The standard InChI is InChI=1S/C13H22N2O5/c16-12(8-19-9-3-5-14-6-4-9)15-7-10-1-2-11(20-10)13(17)18/h9-11,14H,1-8H2,(H,15,16)(H,17,18). The fourth-order valence-corrected chi connectivity index (χ4v) is 2.47. The Labute approximate surface area is 118 Å². The van der Waals surface area contributed by atoms with Crippen LogP contribution in [-0.4, -0.2) is 61.5 Å². The first-order chi connectivity index (χ1) is 9.65. The van der Waals surface area contributed by atoms with Gasteiger partial charge in [0.2, 0.25) is 5.91 Å². The maximum absolute atomic E-state index is 11.6. The van der Waals surface area contributed by atoms with Crippen LogP contribution in [-0.2, 0) is 19.1 Å². The molecule has 2 aliphatic rings. The van der Waals surface area contributed by atoms with Crippen molar-refractivity contribution in [2.24, 2.45) is 0 Å². The lowest BCUT2D eigenvalue weighted by Gasteiger charge is -2.22. The number of nitrogens with one attached hydrogen (secondary N) is 2. The number of rotatable bonds is 6. The number of piperidine rings is 1. The Morgan fingerprint density at radius 1 is 1.25 bits per heavy atom. The second-order valence-corrected chi connectivity index (χ2v) is 5.23. The molecular weight excluding hydrogens is 264 g/mol. The third kappa shape index (κ3) is 4.73. The summed E-state index contributed by atoms with van der Waals surface area (Å²) in [6, 6.07) is 0. The minimum atomic E-state index is -0.937. The highest BCUT2D eigenvalue weighted by atomic mass is 16.5. The van der Waals surface area contributed by atoms with E-state index in [0.717, 1.165) is 25.9 Å². The van der Waals surface area contributed by atoms with Gasteiger partial charge in [0.05, 0.1) is 12.2 Å². The van der Waals surface area contributed by atoms with Crippen LogP contribution in [0.25, 0.3) is 0 Å². The summed E-state index contributed by atoms with van der Waals surface area (Å²) in [5, 5.41) is 14.8. The zero-order chi connectivity index (χ0) is 14.4. The summed E-state index contributed by atoms with van der Waals surface area (Å²) in [5.74, 6) is -1.11. The molecule has 2 atom stereocenters. The molecule has 0 aromatic rings. The second kappa shape index (κ2) is 7.56. The van der Waals surface area contributed by atoms with Crippen LogP contribution in [0, 0.1) is 0 Å². The molecule has 0 bridgehead atoms. The fraction of sp³-hybridized carbons (Fsp3) is 0.846. The van der Waals surface area contributed by atoms with Crippen molar-refractivity contribution in [2.45, 2.75) is 44.0 Å². The molecule has 2 unspecified atom stereocenters. The van der Waals surface area contributed by atoms with Gasteiger partial charge in [-0.2, -0.15) is 0 Å². The zero-order valence-electron chi connectivity index (χ0n) is 11.5. The van der Waals surface area contributed by atoms with Gasteiger partial charge in [-0.15, -0.1) is 0 Å². The molecule has 0 aromatic carbocycles. The Morgan fingerprint density at radius 3 is 2.65 bits per heavy atom. The molecule has 1 amide bonds. The summed E-state index contributed by atoms with van der Waals surface area (Å²) >= 11 is 0. The van der Waals surface area contributed by atoms with Crippen LogP contribution < -0.4 is 10.6 Å². The molecule has 20 heavy (non-hydrogen) atoms. The van der Waals surface area contributed by atoms with Crippen LogP contribution in [0.15, 0.2) is 0 Å². The van der Waals surface area contributed by atoms with Crippen molar-refractivity contribution in [1.82, 2.24) is 10.6 Å². The van der Waals surface area contributed by atoms with E-state index in [1.807, 2.05) is 0 Å². The average Bonchev–Trinajstić information content (AvgIpc) is 2.93. The molecule has 2 aliphatic heterocycles. The molecule has 2 heterocycles. The molecule has 2 fully saturated rings. The van der Waals surface area contributed by atoms with Crippen LogP contribution in [0.3, 0.4) is 0 Å². The van der Waals surface area contributed by atoms with E-state index < -0.39 is 12.1 Å². The first-order valence-electron chi connectivity index (χ1n) is 7.12. The van der Waals surface area contributed by atoms with E-state index in [1.54, 1.807) is 0 Å². The van der Waals surface area contributed by atoms with Crippen molar-refractivity contribution in [1.29, 1.82) is 0 Å². The van der Waals surface area contributed by atoms with E-state index in [2.05, 4.69) is 10.6 Å². The Bertz CT molecular complexity index is 344. The first kappa shape index (κ1) is 15.2. The number of amides is 1. The summed E-state index contributed by atoms with van der Waals surface area (Å²) in [5.41, 5.74) is 0. The summed E-state index contributed by atoms with van der Waals surface area (Å²) in [7, 11) is 0. The van der Waals surface area contributed by atoms with Crippen LogP contribution in [0.5, 0.6) is 0 Å². The maximum atomic E-state index is 11.6. The van der Waals surface area contributed by atoms with Crippen LogP contribution >= 0.6 is 0 Å². The number of carboxylic acid groups (broad SMARTS) is 1. The van der Waals surface area contributed by atoms with Gasteiger partial charge >= 0.3 is 5.97 Å². The van der Waals surface area contributed by atoms with Gasteiger partial charge < -0.3 is 25.2 Å². The average molecular weight is 286 g/mol. The lowest BCUT2D eigenvalue weighted by molar-refractivity contribution is -0.149. The molecule has 0 saturated carbocycles. The van der Waals surface area contributed by atoms with E-state index in [-0.39, 0.29) is 24.7 Å². The third-order valence-corrected chi connectivity index (χ3v) is 3.65. The molecule has 7 nitrogen and oxygen atoms in total. The topological polar surface area (TPSA) is 96.9 Å². The lowest BCUT2D eigenvalue weighted by atomic mass is 10.1.